The van der Waals surface area contributed by atoms with Crippen LogP contribution in [-0.4, -0.2) is 40.8 Å². The van der Waals surface area contributed by atoms with Crippen LogP contribution in [0.1, 0.15) is 17.5 Å². The number of benzene rings is 3. The minimum absolute atomic E-state index is 0.0912. The number of hydrogen-bond acceptors (Lipinski definition) is 5. The van der Waals surface area contributed by atoms with Gasteiger partial charge >= 0.3 is 0 Å². The fourth-order valence-electron chi connectivity index (χ4n) is 3.65. The quantitative estimate of drug-likeness (QED) is 0.453. The third-order valence-electron chi connectivity index (χ3n) is 5.57. The molecule has 1 saturated heterocycles. The fraction of sp³-hybridized carbons (Fsp3) is 0.222. The largest absolute Gasteiger partial charge is 0.497 e. The number of amides is 2. The molecule has 2 amide bonds. The van der Waals surface area contributed by atoms with Crippen LogP contribution < -0.4 is 10.1 Å². The third-order valence-corrected chi connectivity index (χ3v) is 7.13. The lowest BCUT2D eigenvalue weighted by atomic mass is 10.1. The molecule has 35 heavy (non-hydrogen) atoms. The first kappa shape index (κ1) is 24.8. The predicted molar refractivity (Wildman–Crippen MR) is 141 cm³/mol. The number of methoxy groups -OCH3 is 1. The second-order valence-corrected chi connectivity index (χ2v) is 9.58. The highest BCUT2D eigenvalue weighted by atomic mass is 35.5. The van der Waals surface area contributed by atoms with Crippen molar-refractivity contribution in [2.24, 2.45) is 4.99 Å². The van der Waals surface area contributed by atoms with Gasteiger partial charge in [0.1, 0.15) is 5.75 Å². The monoisotopic (exact) mass is 507 g/mol. The Kier molecular flexibility index (Phi) is 8.45. The zero-order chi connectivity index (χ0) is 24.6. The Bertz CT molecular complexity index is 1200. The summed E-state index contributed by atoms with van der Waals surface area (Å²) in [7, 11) is 1.60. The number of nitrogens with one attached hydrogen (secondary N) is 1. The van der Waals surface area contributed by atoms with Gasteiger partial charge in [-0.25, -0.2) is 4.99 Å². The molecule has 0 saturated carbocycles. The molecule has 1 fully saturated rings. The van der Waals surface area contributed by atoms with Gasteiger partial charge in [0.25, 0.3) is 0 Å². The third kappa shape index (κ3) is 6.65. The van der Waals surface area contributed by atoms with Gasteiger partial charge < -0.3 is 10.1 Å². The number of carbonyl (C=O) groups excluding carboxylic acids is 2. The first-order valence-electron chi connectivity index (χ1n) is 11.3. The number of halogens is 1. The summed E-state index contributed by atoms with van der Waals surface area (Å²) >= 11 is 7.65. The fourth-order valence-corrected chi connectivity index (χ4v) is 4.97. The molecule has 0 bridgehead atoms. The van der Waals surface area contributed by atoms with Crippen molar-refractivity contribution in [1.29, 1.82) is 0 Å². The van der Waals surface area contributed by atoms with Gasteiger partial charge in [-0.3, -0.25) is 14.5 Å². The second-order valence-electron chi connectivity index (χ2n) is 8.00. The maximum absolute atomic E-state index is 13.2. The molecule has 6 nitrogen and oxygen atoms in total. The molecule has 0 aliphatic carbocycles. The van der Waals surface area contributed by atoms with Crippen LogP contribution in [0, 0.1) is 0 Å². The molecule has 0 radical (unpaired) electrons. The van der Waals surface area contributed by atoms with E-state index in [-0.39, 0.29) is 24.8 Å². The highest BCUT2D eigenvalue weighted by molar-refractivity contribution is 8.15. The van der Waals surface area contributed by atoms with E-state index in [1.165, 1.54) is 11.8 Å². The number of aliphatic imine (C=N–C) groups is 1. The summed E-state index contributed by atoms with van der Waals surface area (Å²) in [4.78, 5) is 32.5. The molecule has 180 valence electrons. The van der Waals surface area contributed by atoms with Gasteiger partial charge in [0, 0.05) is 18.0 Å². The summed E-state index contributed by atoms with van der Waals surface area (Å²) in [5.41, 5.74) is 2.62. The van der Waals surface area contributed by atoms with E-state index in [0.717, 1.165) is 17.5 Å². The number of ether oxygens (including phenoxy) is 1. The summed E-state index contributed by atoms with van der Waals surface area (Å²) in [6.45, 7) is 0.783. The standard InChI is InChI=1S/C27H26ClN3O3S/c1-34-22-13-11-21(12-14-22)30-27-31(18-20-9-5-6-10-23(20)28)25(32)17-24(35-27)26(33)29-16-15-19-7-3-2-4-8-19/h2-14,24H,15-18H2,1H3,(H,29,33). The Balaban J connectivity index is 1.52. The van der Waals surface area contributed by atoms with Gasteiger partial charge in [-0.05, 0) is 47.9 Å². The zero-order valence-corrected chi connectivity index (χ0v) is 20.9. The van der Waals surface area contributed by atoms with E-state index in [2.05, 4.69) is 5.32 Å². The Labute approximate surface area is 214 Å². The molecule has 1 atom stereocenters. The smallest absolute Gasteiger partial charge is 0.234 e. The van der Waals surface area contributed by atoms with Crippen LogP contribution >= 0.6 is 23.4 Å². The van der Waals surface area contributed by atoms with Gasteiger partial charge in [-0.2, -0.15) is 0 Å². The Morgan fingerprint density at radius 1 is 1.09 bits per heavy atom. The average Bonchev–Trinajstić information content (AvgIpc) is 2.88. The zero-order valence-electron chi connectivity index (χ0n) is 19.3. The molecule has 4 rings (SSSR count). The van der Waals surface area contributed by atoms with Crippen LogP contribution in [0.15, 0.2) is 83.9 Å². The lowest BCUT2D eigenvalue weighted by Crippen LogP contribution is -2.46. The van der Waals surface area contributed by atoms with Crippen LogP contribution in [0.25, 0.3) is 0 Å². The van der Waals surface area contributed by atoms with Gasteiger partial charge in [0.05, 0.1) is 24.6 Å². The number of rotatable bonds is 8. The highest BCUT2D eigenvalue weighted by Crippen LogP contribution is 2.31. The van der Waals surface area contributed by atoms with Gasteiger partial charge in [0.15, 0.2) is 5.17 Å². The molecule has 1 aliphatic rings. The first-order chi connectivity index (χ1) is 17.0. The van der Waals surface area contributed by atoms with E-state index in [4.69, 9.17) is 21.3 Å². The lowest BCUT2D eigenvalue weighted by Gasteiger charge is -2.32. The molecular formula is C27H26ClN3O3S. The summed E-state index contributed by atoms with van der Waals surface area (Å²) in [6.07, 6.45) is 0.817. The van der Waals surface area contributed by atoms with Crippen LogP contribution in [0.3, 0.4) is 0 Å². The maximum atomic E-state index is 13.2. The van der Waals surface area contributed by atoms with Crippen LogP contribution in [0.4, 0.5) is 5.69 Å². The minimum atomic E-state index is -0.558. The normalized spacial score (nSPS) is 16.9. The molecular weight excluding hydrogens is 482 g/mol. The molecule has 1 unspecified atom stereocenters. The van der Waals surface area contributed by atoms with Crippen molar-refractivity contribution in [3.05, 3.63) is 95.0 Å². The molecule has 3 aromatic rings. The van der Waals surface area contributed by atoms with E-state index in [1.54, 1.807) is 30.2 Å². The molecule has 1 aliphatic heterocycles. The van der Waals surface area contributed by atoms with Gasteiger partial charge in [0.2, 0.25) is 11.8 Å². The van der Waals surface area contributed by atoms with Crippen molar-refractivity contribution in [3.8, 4) is 5.75 Å². The number of hydrogen-bond donors (Lipinski definition) is 1. The van der Waals surface area contributed by atoms with E-state index >= 15 is 0 Å². The number of carbonyl (C=O) groups is 2. The number of thioether (sulfide) groups is 1. The highest BCUT2D eigenvalue weighted by Gasteiger charge is 2.36. The summed E-state index contributed by atoms with van der Waals surface area (Å²) in [5, 5.41) is 3.46. The summed E-state index contributed by atoms with van der Waals surface area (Å²) < 4.78 is 5.22. The van der Waals surface area contributed by atoms with Crippen LogP contribution in [0.5, 0.6) is 5.75 Å². The molecule has 0 aromatic heterocycles. The minimum Gasteiger partial charge on any atom is -0.497 e. The van der Waals surface area contributed by atoms with Crippen molar-refractivity contribution >= 4 is 46.0 Å². The van der Waals surface area contributed by atoms with Crippen molar-refractivity contribution in [2.45, 2.75) is 24.6 Å². The van der Waals surface area contributed by atoms with E-state index in [9.17, 15) is 9.59 Å². The Morgan fingerprint density at radius 3 is 2.51 bits per heavy atom. The Morgan fingerprint density at radius 2 is 1.80 bits per heavy atom. The molecule has 1 N–H and O–H groups in total. The molecule has 3 aromatic carbocycles. The SMILES string of the molecule is COc1ccc(N=C2SC(C(=O)NCCc3ccccc3)CC(=O)N2Cc2ccccc2Cl)cc1. The average molecular weight is 508 g/mol. The lowest BCUT2D eigenvalue weighted by molar-refractivity contribution is -0.130. The molecule has 0 spiro atoms. The number of amidine groups is 1. The maximum Gasteiger partial charge on any atom is 0.234 e. The Hall–Kier alpha value is -3.29. The first-order valence-corrected chi connectivity index (χ1v) is 12.5. The second kappa shape index (κ2) is 11.9. The van der Waals surface area contributed by atoms with E-state index < -0.39 is 5.25 Å². The van der Waals surface area contributed by atoms with Gasteiger partial charge in [-0.15, -0.1) is 0 Å². The van der Waals surface area contributed by atoms with Crippen LogP contribution in [-0.2, 0) is 22.6 Å². The molecule has 1 heterocycles. The molecule has 8 heteroatoms. The van der Waals surface area contributed by atoms with Crippen molar-refractivity contribution < 1.29 is 14.3 Å². The summed E-state index contributed by atoms with van der Waals surface area (Å²) in [5.74, 6) is 0.378. The topological polar surface area (TPSA) is 71.0 Å². The predicted octanol–water partition coefficient (Wildman–Crippen LogP) is 5.23. The van der Waals surface area contributed by atoms with Crippen molar-refractivity contribution in [3.63, 3.8) is 0 Å². The number of nitrogens with zero attached hydrogens (tertiary/aromatic N) is 2. The van der Waals surface area contributed by atoms with Crippen LogP contribution in [0.2, 0.25) is 5.02 Å². The van der Waals surface area contributed by atoms with Gasteiger partial charge in [-0.1, -0.05) is 71.9 Å². The van der Waals surface area contributed by atoms with E-state index in [1.807, 2.05) is 60.7 Å². The van der Waals surface area contributed by atoms with Crippen molar-refractivity contribution in [1.82, 2.24) is 10.2 Å². The summed E-state index contributed by atoms with van der Waals surface area (Å²) in [6, 6.07) is 24.6. The van der Waals surface area contributed by atoms with E-state index in [0.29, 0.717) is 28.2 Å². The van der Waals surface area contributed by atoms with Crippen molar-refractivity contribution in [2.75, 3.05) is 13.7 Å².